The van der Waals surface area contributed by atoms with Crippen molar-refractivity contribution >= 4 is 0 Å². The summed E-state index contributed by atoms with van der Waals surface area (Å²) in [6.07, 6.45) is 8.29. The summed E-state index contributed by atoms with van der Waals surface area (Å²) < 4.78 is 0. The molecule has 0 amide bonds. The number of aromatic hydroxyl groups is 1. The molecule has 0 spiro atoms. The number of aliphatic hydroxyl groups excluding tert-OH is 1. The van der Waals surface area contributed by atoms with E-state index in [0.29, 0.717) is 12.0 Å². The van der Waals surface area contributed by atoms with Crippen molar-refractivity contribution in [3.63, 3.8) is 0 Å². The van der Waals surface area contributed by atoms with Crippen LogP contribution in [0, 0.1) is 6.92 Å². The number of aromatic amines is 1. The number of aliphatic hydroxyl groups is 1. The van der Waals surface area contributed by atoms with Crippen molar-refractivity contribution in [3.05, 3.63) is 51.0 Å². The van der Waals surface area contributed by atoms with Gasteiger partial charge in [0.05, 0.1) is 11.7 Å². The lowest BCUT2D eigenvalue weighted by Crippen LogP contribution is -2.15. The molecule has 1 rings (SSSR count). The summed E-state index contributed by atoms with van der Waals surface area (Å²) in [5, 5.41) is 19.4. The van der Waals surface area contributed by atoms with Crippen LogP contribution in [0.5, 0.6) is 5.75 Å². The van der Waals surface area contributed by atoms with Crippen LogP contribution >= 0.6 is 0 Å². The minimum Gasteiger partial charge on any atom is -0.507 e. The summed E-state index contributed by atoms with van der Waals surface area (Å²) in [4.78, 5) is 14.7. The van der Waals surface area contributed by atoms with Crippen LogP contribution in [0.3, 0.4) is 0 Å². The molecule has 4 heteroatoms. The Balaban J connectivity index is 2.95. The smallest absolute Gasteiger partial charge is 0.254 e. The molecule has 1 unspecified atom stereocenters. The van der Waals surface area contributed by atoms with Crippen LogP contribution < -0.4 is 5.56 Å². The molecular formula is C18H27NO3. The third kappa shape index (κ3) is 5.19. The van der Waals surface area contributed by atoms with E-state index in [0.717, 1.165) is 36.1 Å². The molecule has 1 aromatic heterocycles. The number of rotatable bonds is 7. The van der Waals surface area contributed by atoms with E-state index in [-0.39, 0.29) is 11.3 Å². The number of hydrogen-bond donors (Lipinski definition) is 3. The van der Waals surface area contributed by atoms with Gasteiger partial charge < -0.3 is 15.2 Å². The molecule has 1 heterocycles. The summed E-state index contributed by atoms with van der Waals surface area (Å²) in [6.45, 7) is 7.41. The van der Waals surface area contributed by atoms with Gasteiger partial charge in [0.25, 0.3) is 5.56 Å². The molecule has 0 bridgehead atoms. The summed E-state index contributed by atoms with van der Waals surface area (Å²) in [5.41, 5.74) is 2.93. The Labute approximate surface area is 132 Å². The van der Waals surface area contributed by atoms with E-state index in [2.05, 4.69) is 4.98 Å². The Kier molecular flexibility index (Phi) is 7.12. The Morgan fingerprint density at radius 2 is 2.09 bits per heavy atom. The van der Waals surface area contributed by atoms with Gasteiger partial charge in [0.2, 0.25) is 0 Å². The van der Waals surface area contributed by atoms with Crippen molar-refractivity contribution < 1.29 is 10.2 Å². The number of nitrogens with one attached hydrogen (secondary N) is 1. The maximum Gasteiger partial charge on any atom is 0.254 e. The van der Waals surface area contributed by atoms with E-state index >= 15 is 0 Å². The number of hydrogen-bond acceptors (Lipinski definition) is 3. The standard InChI is InChI=1S/C18H27NO3/c1-5-7-15-16(19-18(22)14(4)17(15)21)11-10-12(2)8-6-9-13(3)20/h6,9-10,13,20H,5,7-8,11H2,1-4H3,(H2,19,21,22). The fourth-order valence-electron chi connectivity index (χ4n) is 2.29. The normalized spacial score (nSPS) is 13.8. The SMILES string of the molecule is CCCc1c(CC=C(C)CC=CC(C)O)[nH]c(=O)c(C)c1O. The molecule has 4 nitrogen and oxygen atoms in total. The molecule has 122 valence electrons. The summed E-state index contributed by atoms with van der Waals surface area (Å²) in [7, 11) is 0. The van der Waals surface area contributed by atoms with E-state index in [1.165, 1.54) is 0 Å². The van der Waals surface area contributed by atoms with Crippen molar-refractivity contribution in [1.82, 2.24) is 4.98 Å². The zero-order valence-electron chi connectivity index (χ0n) is 13.9. The first kappa shape index (κ1) is 18.2. The van der Waals surface area contributed by atoms with Gasteiger partial charge in [-0.05, 0) is 33.6 Å². The van der Waals surface area contributed by atoms with Crippen molar-refractivity contribution in [2.24, 2.45) is 0 Å². The van der Waals surface area contributed by atoms with E-state index in [1.54, 1.807) is 19.9 Å². The van der Waals surface area contributed by atoms with Crippen LogP contribution in [0.15, 0.2) is 28.6 Å². The lowest BCUT2D eigenvalue weighted by molar-refractivity contribution is 0.244. The molecular weight excluding hydrogens is 278 g/mol. The van der Waals surface area contributed by atoms with Crippen molar-refractivity contribution in [2.75, 3.05) is 0 Å². The first-order chi connectivity index (χ1) is 10.4. The first-order valence-corrected chi connectivity index (χ1v) is 7.80. The van der Waals surface area contributed by atoms with Crippen LogP contribution in [0.1, 0.15) is 50.4 Å². The Hall–Kier alpha value is -1.81. The van der Waals surface area contributed by atoms with Gasteiger partial charge in [-0.2, -0.15) is 0 Å². The van der Waals surface area contributed by atoms with Crippen LogP contribution in [0.4, 0.5) is 0 Å². The molecule has 0 fully saturated rings. The van der Waals surface area contributed by atoms with Crippen molar-refractivity contribution in [3.8, 4) is 5.75 Å². The molecule has 0 aromatic carbocycles. The second kappa shape index (κ2) is 8.59. The highest BCUT2D eigenvalue weighted by Crippen LogP contribution is 2.23. The summed E-state index contributed by atoms with van der Waals surface area (Å²) >= 11 is 0. The third-order valence-electron chi connectivity index (χ3n) is 3.62. The van der Waals surface area contributed by atoms with Crippen LogP contribution in [-0.2, 0) is 12.8 Å². The molecule has 0 saturated carbocycles. The van der Waals surface area contributed by atoms with Gasteiger partial charge in [0.15, 0.2) is 0 Å². The molecule has 3 N–H and O–H groups in total. The van der Waals surface area contributed by atoms with E-state index in [4.69, 9.17) is 0 Å². The number of pyridine rings is 1. The predicted molar refractivity (Wildman–Crippen MR) is 90.4 cm³/mol. The number of allylic oxidation sites excluding steroid dienone is 3. The second-order valence-electron chi connectivity index (χ2n) is 5.76. The number of aromatic nitrogens is 1. The Bertz CT molecular complexity index is 609. The topological polar surface area (TPSA) is 73.3 Å². The van der Waals surface area contributed by atoms with Gasteiger partial charge in [0, 0.05) is 17.7 Å². The largest absolute Gasteiger partial charge is 0.507 e. The average molecular weight is 305 g/mol. The summed E-state index contributed by atoms with van der Waals surface area (Å²) in [6, 6.07) is 0. The van der Waals surface area contributed by atoms with E-state index in [9.17, 15) is 15.0 Å². The second-order valence-corrected chi connectivity index (χ2v) is 5.76. The maximum absolute atomic E-state index is 11.8. The maximum atomic E-state index is 11.8. The molecule has 22 heavy (non-hydrogen) atoms. The zero-order chi connectivity index (χ0) is 16.7. The van der Waals surface area contributed by atoms with Gasteiger partial charge in [-0.25, -0.2) is 0 Å². The lowest BCUT2D eigenvalue weighted by atomic mass is 10.0. The molecule has 0 saturated heterocycles. The number of H-pyrrole nitrogens is 1. The monoisotopic (exact) mass is 305 g/mol. The molecule has 0 aliphatic rings. The Morgan fingerprint density at radius 3 is 2.68 bits per heavy atom. The van der Waals surface area contributed by atoms with Crippen LogP contribution in [0.2, 0.25) is 0 Å². The van der Waals surface area contributed by atoms with Gasteiger partial charge in [-0.1, -0.05) is 37.1 Å². The van der Waals surface area contributed by atoms with Crippen LogP contribution in [0.25, 0.3) is 0 Å². The highest BCUT2D eigenvalue weighted by atomic mass is 16.3. The molecule has 1 atom stereocenters. The van der Waals surface area contributed by atoms with E-state index < -0.39 is 6.10 Å². The predicted octanol–water partition coefficient (Wildman–Crippen LogP) is 3.16. The lowest BCUT2D eigenvalue weighted by Gasteiger charge is -2.11. The average Bonchev–Trinajstić information content (AvgIpc) is 2.46. The van der Waals surface area contributed by atoms with Gasteiger partial charge in [0.1, 0.15) is 5.75 Å². The molecule has 1 aromatic rings. The quantitative estimate of drug-likeness (QED) is 0.677. The first-order valence-electron chi connectivity index (χ1n) is 7.80. The van der Waals surface area contributed by atoms with E-state index in [1.807, 2.05) is 26.0 Å². The molecule has 0 aliphatic heterocycles. The van der Waals surface area contributed by atoms with Crippen molar-refractivity contribution in [2.45, 2.75) is 59.5 Å². The van der Waals surface area contributed by atoms with Gasteiger partial charge in [-0.15, -0.1) is 0 Å². The third-order valence-corrected chi connectivity index (χ3v) is 3.62. The fraction of sp³-hybridized carbons (Fsp3) is 0.500. The highest BCUT2D eigenvalue weighted by Gasteiger charge is 2.12. The Morgan fingerprint density at radius 1 is 1.41 bits per heavy atom. The minimum absolute atomic E-state index is 0.126. The zero-order valence-corrected chi connectivity index (χ0v) is 13.9. The molecule has 0 radical (unpaired) electrons. The van der Waals surface area contributed by atoms with Gasteiger partial charge >= 0.3 is 0 Å². The van der Waals surface area contributed by atoms with Crippen LogP contribution in [-0.4, -0.2) is 21.3 Å². The van der Waals surface area contributed by atoms with Gasteiger partial charge in [-0.3, -0.25) is 4.79 Å². The summed E-state index contributed by atoms with van der Waals surface area (Å²) in [5.74, 6) is 0.126. The minimum atomic E-state index is -0.436. The highest BCUT2D eigenvalue weighted by molar-refractivity contribution is 5.41. The van der Waals surface area contributed by atoms with Crippen molar-refractivity contribution in [1.29, 1.82) is 0 Å². The fourth-order valence-corrected chi connectivity index (χ4v) is 2.29. The molecule has 0 aliphatic carbocycles.